The summed E-state index contributed by atoms with van der Waals surface area (Å²) in [5.74, 6) is 0.842. The van der Waals surface area contributed by atoms with Crippen LogP contribution in [-0.2, 0) is 13.0 Å². The molecule has 0 atom stereocenters. The Morgan fingerprint density at radius 3 is 3.12 bits per heavy atom. The molecule has 86 valence electrons. The highest BCUT2D eigenvalue weighted by molar-refractivity contribution is 5.56. The normalized spacial score (nSPS) is 14.4. The first kappa shape index (κ1) is 10.4. The summed E-state index contributed by atoms with van der Waals surface area (Å²) in [4.78, 5) is 9.13. The lowest BCUT2D eigenvalue weighted by Crippen LogP contribution is -2.24. The predicted octanol–water partition coefficient (Wildman–Crippen LogP) is 2.10. The number of benzene rings is 1. The molecule has 0 spiro atoms. The van der Waals surface area contributed by atoms with Crippen molar-refractivity contribution >= 4 is 0 Å². The maximum atomic E-state index is 4.67. The van der Waals surface area contributed by atoms with Crippen LogP contribution in [0.3, 0.4) is 0 Å². The highest BCUT2D eigenvalue weighted by Gasteiger charge is 2.12. The molecule has 1 aliphatic heterocycles. The second-order valence-electron chi connectivity index (χ2n) is 4.46. The van der Waals surface area contributed by atoms with Crippen molar-refractivity contribution in [1.82, 2.24) is 15.3 Å². The van der Waals surface area contributed by atoms with Crippen molar-refractivity contribution < 1.29 is 0 Å². The minimum atomic E-state index is 0.842. The molecule has 2 heterocycles. The quantitative estimate of drug-likeness (QED) is 0.807. The van der Waals surface area contributed by atoms with Crippen LogP contribution in [0.25, 0.3) is 11.4 Å². The molecule has 1 aromatic carbocycles. The lowest BCUT2D eigenvalue weighted by atomic mass is 10.1. The number of hydrogen-bond donors (Lipinski definition) is 1. The second-order valence-corrected chi connectivity index (χ2v) is 4.46. The Bertz CT molecular complexity index is 549. The molecule has 0 unspecified atom stereocenters. The molecule has 0 fully saturated rings. The maximum absolute atomic E-state index is 4.67. The van der Waals surface area contributed by atoms with E-state index in [0.717, 1.165) is 30.9 Å². The van der Waals surface area contributed by atoms with Gasteiger partial charge in [-0.25, -0.2) is 9.97 Å². The highest BCUT2D eigenvalue weighted by Crippen LogP contribution is 2.19. The van der Waals surface area contributed by atoms with Gasteiger partial charge in [-0.05, 0) is 13.0 Å². The molecule has 1 aromatic heterocycles. The van der Waals surface area contributed by atoms with E-state index in [1.807, 2.05) is 6.20 Å². The zero-order valence-corrected chi connectivity index (χ0v) is 9.90. The van der Waals surface area contributed by atoms with Crippen molar-refractivity contribution in [2.75, 3.05) is 6.54 Å². The second kappa shape index (κ2) is 4.26. The number of aromatic nitrogens is 2. The van der Waals surface area contributed by atoms with Crippen molar-refractivity contribution in [3.05, 3.63) is 47.3 Å². The van der Waals surface area contributed by atoms with E-state index in [2.05, 4.69) is 46.5 Å². The standard InChI is InChI=1S/C14H15N3/c1-10-3-2-4-11(7-10)14-16-9-12-8-15-6-5-13(12)17-14/h2-4,7,9,15H,5-6,8H2,1H3. The van der Waals surface area contributed by atoms with Crippen LogP contribution in [0.2, 0.25) is 0 Å². The fourth-order valence-electron chi connectivity index (χ4n) is 2.16. The molecule has 1 N–H and O–H groups in total. The van der Waals surface area contributed by atoms with Crippen LogP contribution in [0.4, 0.5) is 0 Å². The van der Waals surface area contributed by atoms with E-state index in [-0.39, 0.29) is 0 Å². The van der Waals surface area contributed by atoms with Gasteiger partial charge in [0.15, 0.2) is 5.82 Å². The molecule has 0 saturated heterocycles. The van der Waals surface area contributed by atoms with Crippen molar-refractivity contribution in [2.24, 2.45) is 0 Å². The molecule has 3 rings (SSSR count). The molecule has 17 heavy (non-hydrogen) atoms. The summed E-state index contributed by atoms with van der Waals surface area (Å²) in [6.45, 7) is 3.99. The van der Waals surface area contributed by atoms with Crippen LogP contribution in [0.5, 0.6) is 0 Å². The van der Waals surface area contributed by atoms with E-state index >= 15 is 0 Å². The lowest BCUT2D eigenvalue weighted by Gasteiger charge is -2.16. The first-order valence-corrected chi connectivity index (χ1v) is 5.95. The van der Waals surface area contributed by atoms with Gasteiger partial charge in [-0.3, -0.25) is 0 Å². The lowest BCUT2D eigenvalue weighted by molar-refractivity contribution is 0.626. The molecule has 1 aliphatic rings. The fourth-order valence-corrected chi connectivity index (χ4v) is 2.16. The third kappa shape index (κ3) is 2.06. The van der Waals surface area contributed by atoms with Gasteiger partial charge in [0, 0.05) is 36.8 Å². The van der Waals surface area contributed by atoms with Crippen molar-refractivity contribution in [2.45, 2.75) is 19.9 Å². The van der Waals surface area contributed by atoms with E-state index in [1.54, 1.807) is 0 Å². The zero-order valence-electron chi connectivity index (χ0n) is 9.90. The third-order valence-corrected chi connectivity index (χ3v) is 3.08. The summed E-state index contributed by atoms with van der Waals surface area (Å²) >= 11 is 0. The Labute approximate surface area is 101 Å². The van der Waals surface area contributed by atoms with E-state index in [4.69, 9.17) is 0 Å². The van der Waals surface area contributed by atoms with Gasteiger partial charge in [0.2, 0.25) is 0 Å². The van der Waals surface area contributed by atoms with E-state index in [0.29, 0.717) is 0 Å². The Morgan fingerprint density at radius 1 is 1.29 bits per heavy atom. The van der Waals surface area contributed by atoms with E-state index in [1.165, 1.54) is 16.8 Å². The number of rotatable bonds is 1. The largest absolute Gasteiger partial charge is 0.312 e. The minimum Gasteiger partial charge on any atom is -0.312 e. The number of aryl methyl sites for hydroxylation is 1. The Kier molecular flexibility index (Phi) is 2.61. The highest BCUT2D eigenvalue weighted by atomic mass is 14.9. The average Bonchev–Trinajstić information content (AvgIpc) is 2.38. The van der Waals surface area contributed by atoms with Crippen LogP contribution >= 0.6 is 0 Å². The summed E-state index contributed by atoms with van der Waals surface area (Å²) in [6.07, 6.45) is 2.95. The van der Waals surface area contributed by atoms with Crippen LogP contribution in [0, 0.1) is 6.92 Å². The molecule has 0 radical (unpaired) electrons. The molecule has 0 amide bonds. The zero-order chi connectivity index (χ0) is 11.7. The summed E-state index contributed by atoms with van der Waals surface area (Å²) in [6, 6.07) is 8.33. The topological polar surface area (TPSA) is 37.8 Å². The van der Waals surface area contributed by atoms with Crippen molar-refractivity contribution in [3.8, 4) is 11.4 Å². The molecular formula is C14H15N3. The molecular weight excluding hydrogens is 210 g/mol. The number of nitrogens with zero attached hydrogens (tertiary/aromatic N) is 2. The van der Waals surface area contributed by atoms with Crippen LogP contribution < -0.4 is 5.32 Å². The molecule has 2 aromatic rings. The smallest absolute Gasteiger partial charge is 0.159 e. The Morgan fingerprint density at radius 2 is 2.24 bits per heavy atom. The van der Waals surface area contributed by atoms with Gasteiger partial charge in [-0.1, -0.05) is 23.8 Å². The SMILES string of the molecule is Cc1cccc(-c2ncc3c(n2)CCNC3)c1. The van der Waals surface area contributed by atoms with E-state index < -0.39 is 0 Å². The van der Waals surface area contributed by atoms with Gasteiger partial charge in [0.05, 0.1) is 5.69 Å². The monoisotopic (exact) mass is 225 g/mol. The molecule has 0 aliphatic carbocycles. The summed E-state index contributed by atoms with van der Waals surface area (Å²) in [5, 5.41) is 3.33. The summed E-state index contributed by atoms with van der Waals surface area (Å²) in [5.41, 5.74) is 4.76. The molecule has 3 nitrogen and oxygen atoms in total. The Hall–Kier alpha value is -1.74. The molecule has 0 saturated carbocycles. The average molecular weight is 225 g/mol. The van der Waals surface area contributed by atoms with Crippen LogP contribution in [0.15, 0.2) is 30.5 Å². The van der Waals surface area contributed by atoms with Crippen molar-refractivity contribution in [3.63, 3.8) is 0 Å². The first-order chi connectivity index (χ1) is 8.33. The number of fused-ring (bicyclic) bond motifs is 1. The van der Waals surface area contributed by atoms with Gasteiger partial charge in [-0.2, -0.15) is 0 Å². The van der Waals surface area contributed by atoms with E-state index in [9.17, 15) is 0 Å². The summed E-state index contributed by atoms with van der Waals surface area (Å²) in [7, 11) is 0. The Balaban J connectivity index is 2.04. The fraction of sp³-hybridized carbons (Fsp3) is 0.286. The van der Waals surface area contributed by atoms with Crippen molar-refractivity contribution in [1.29, 1.82) is 0 Å². The minimum absolute atomic E-state index is 0.842. The molecule has 3 heteroatoms. The van der Waals surface area contributed by atoms with Gasteiger partial charge in [-0.15, -0.1) is 0 Å². The summed E-state index contributed by atoms with van der Waals surface area (Å²) < 4.78 is 0. The van der Waals surface area contributed by atoms with Gasteiger partial charge < -0.3 is 5.32 Å². The number of hydrogen-bond acceptors (Lipinski definition) is 3. The molecule has 0 bridgehead atoms. The van der Waals surface area contributed by atoms with Crippen LogP contribution in [-0.4, -0.2) is 16.5 Å². The maximum Gasteiger partial charge on any atom is 0.159 e. The third-order valence-electron chi connectivity index (χ3n) is 3.08. The predicted molar refractivity (Wildman–Crippen MR) is 67.6 cm³/mol. The first-order valence-electron chi connectivity index (χ1n) is 5.95. The van der Waals surface area contributed by atoms with Crippen LogP contribution in [0.1, 0.15) is 16.8 Å². The van der Waals surface area contributed by atoms with Gasteiger partial charge >= 0.3 is 0 Å². The van der Waals surface area contributed by atoms with Gasteiger partial charge in [0.1, 0.15) is 0 Å². The van der Waals surface area contributed by atoms with Gasteiger partial charge in [0.25, 0.3) is 0 Å². The number of nitrogens with one attached hydrogen (secondary N) is 1.